The van der Waals surface area contributed by atoms with Crippen LogP contribution in [0.5, 0.6) is 11.5 Å². The predicted molar refractivity (Wildman–Crippen MR) is 121 cm³/mol. The molecule has 0 bridgehead atoms. The Kier molecular flexibility index (Phi) is 8.30. The third-order valence-electron chi connectivity index (χ3n) is 5.23. The van der Waals surface area contributed by atoms with Gasteiger partial charge in [0.2, 0.25) is 5.91 Å². The summed E-state index contributed by atoms with van der Waals surface area (Å²) in [5.41, 5.74) is 1.92. The number of piperazine rings is 1. The summed E-state index contributed by atoms with van der Waals surface area (Å²) in [7, 11) is 3.19. The van der Waals surface area contributed by atoms with Gasteiger partial charge >= 0.3 is 0 Å². The molecular formula is C24H31N3O3. The Bertz CT molecular complexity index is 809. The molecule has 1 amide bonds. The third-order valence-corrected chi connectivity index (χ3v) is 5.23. The number of ether oxygens (including phenoxy) is 2. The zero-order valence-corrected chi connectivity index (χ0v) is 17.8. The summed E-state index contributed by atoms with van der Waals surface area (Å²) in [4.78, 5) is 17.1. The van der Waals surface area contributed by atoms with Crippen LogP contribution in [0.15, 0.2) is 54.6 Å². The topological polar surface area (TPSA) is 54.0 Å². The maximum Gasteiger partial charge on any atom is 0.225 e. The van der Waals surface area contributed by atoms with E-state index in [1.54, 1.807) is 32.4 Å². The lowest BCUT2D eigenvalue weighted by Crippen LogP contribution is -2.46. The van der Waals surface area contributed by atoms with E-state index < -0.39 is 0 Å². The second-order valence-electron chi connectivity index (χ2n) is 7.35. The first-order valence-corrected chi connectivity index (χ1v) is 10.4. The maximum atomic E-state index is 12.4. The summed E-state index contributed by atoms with van der Waals surface area (Å²) in [6.07, 6.45) is 4.86. The van der Waals surface area contributed by atoms with Gasteiger partial charge in [-0.1, -0.05) is 42.5 Å². The van der Waals surface area contributed by atoms with Crippen molar-refractivity contribution in [2.45, 2.75) is 6.42 Å². The molecule has 6 nitrogen and oxygen atoms in total. The largest absolute Gasteiger partial charge is 0.497 e. The van der Waals surface area contributed by atoms with Crippen LogP contribution < -0.4 is 14.8 Å². The quantitative estimate of drug-likeness (QED) is 0.688. The molecule has 1 aliphatic heterocycles. The number of benzene rings is 2. The number of nitrogens with zero attached hydrogens (tertiary/aromatic N) is 2. The summed E-state index contributed by atoms with van der Waals surface area (Å²) in [5.74, 6) is 1.31. The van der Waals surface area contributed by atoms with Crippen molar-refractivity contribution < 1.29 is 14.3 Å². The monoisotopic (exact) mass is 409 g/mol. The second-order valence-corrected chi connectivity index (χ2v) is 7.35. The van der Waals surface area contributed by atoms with Crippen LogP contribution in [-0.2, 0) is 4.79 Å². The Morgan fingerprint density at radius 2 is 1.60 bits per heavy atom. The fraction of sp³-hybridized carbons (Fsp3) is 0.375. The molecule has 6 heteroatoms. The van der Waals surface area contributed by atoms with Crippen molar-refractivity contribution in [1.82, 2.24) is 9.80 Å². The van der Waals surface area contributed by atoms with Crippen LogP contribution in [0.2, 0.25) is 0 Å². The van der Waals surface area contributed by atoms with Crippen molar-refractivity contribution in [2.24, 2.45) is 0 Å². The van der Waals surface area contributed by atoms with Gasteiger partial charge in [0.15, 0.2) is 0 Å². The molecule has 1 fully saturated rings. The molecule has 160 valence electrons. The Morgan fingerprint density at radius 1 is 0.967 bits per heavy atom. The van der Waals surface area contributed by atoms with Gasteiger partial charge in [-0.3, -0.25) is 9.69 Å². The molecule has 0 atom stereocenters. The van der Waals surface area contributed by atoms with Gasteiger partial charge in [0.05, 0.1) is 14.2 Å². The van der Waals surface area contributed by atoms with Crippen molar-refractivity contribution in [1.29, 1.82) is 0 Å². The molecule has 0 aliphatic carbocycles. The lowest BCUT2D eigenvalue weighted by Gasteiger charge is -2.34. The van der Waals surface area contributed by atoms with Crippen LogP contribution in [0.1, 0.15) is 12.0 Å². The van der Waals surface area contributed by atoms with Gasteiger partial charge in [0, 0.05) is 69.6 Å². The van der Waals surface area contributed by atoms with Crippen molar-refractivity contribution in [3.8, 4) is 11.5 Å². The standard InChI is InChI=1S/C24H31N3O3/c1-29-22-17-21(18-23(19-22)30-2)25-24(28)10-12-27-15-13-26(14-16-27)11-6-9-20-7-4-3-5-8-20/h3-9,17-19H,10-16H2,1-2H3,(H,25,28). The van der Waals surface area contributed by atoms with Crippen molar-refractivity contribution in [3.63, 3.8) is 0 Å². The van der Waals surface area contributed by atoms with Gasteiger partial charge in [-0.05, 0) is 5.56 Å². The first-order valence-electron chi connectivity index (χ1n) is 10.4. The molecule has 0 spiro atoms. The molecule has 0 unspecified atom stereocenters. The minimum absolute atomic E-state index is 0.00136. The molecule has 0 saturated carbocycles. The van der Waals surface area contributed by atoms with Crippen LogP contribution in [0.4, 0.5) is 5.69 Å². The number of anilines is 1. The van der Waals surface area contributed by atoms with Crippen molar-refractivity contribution >= 4 is 17.7 Å². The number of hydrogen-bond acceptors (Lipinski definition) is 5. The number of carbonyl (C=O) groups is 1. The van der Waals surface area contributed by atoms with Crippen molar-refractivity contribution in [2.75, 3.05) is 58.8 Å². The summed E-state index contributed by atoms with van der Waals surface area (Å²) in [6.45, 7) is 5.74. The first kappa shape index (κ1) is 21.9. The average Bonchev–Trinajstić information content (AvgIpc) is 2.79. The molecular weight excluding hydrogens is 378 g/mol. The van der Waals surface area contributed by atoms with E-state index in [2.05, 4.69) is 51.5 Å². The molecule has 30 heavy (non-hydrogen) atoms. The lowest BCUT2D eigenvalue weighted by molar-refractivity contribution is -0.116. The molecule has 0 radical (unpaired) electrons. The molecule has 2 aromatic rings. The Hall–Kier alpha value is -2.83. The number of methoxy groups -OCH3 is 2. The fourth-order valence-corrected chi connectivity index (χ4v) is 3.46. The SMILES string of the molecule is COc1cc(NC(=O)CCN2CCN(CC=Cc3ccccc3)CC2)cc(OC)c1. The molecule has 2 aromatic carbocycles. The van der Waals surface area contributed by atoms with Crippen LogP contribution in [-0.4, -0.2) is 69.2 Å². The second kappa shape index (κ2) is 11.4. The van der Waals surface area contributed by atoms with Gasteiger partial charge in [-0.25, -0.2) is 0 Å². The van der Waals surface area contributed by atoms with E-state index in [4.69, 9.17) is 9.47 Å². The summed E-state index contributed by atoms with van der Waals surface area (Å²) in [5, 5.41) is 2.94. The number of hydrogen-bond donors (Lipinski definition) is 1. The number of amides is 1. The fourth-order valence-electron chi connectivity index (χ4n) is 3.46. The van der Waals surface area contributed by atoms with E-state index >= 15 is 0 Å². The highest BCUT2D eigenvalue weighted by Gasteiger charge is 2.16. The van der Waals surface area contributed by atoms with Gasteiger partial charge in [-0.2, -0.15) is 0 Å². The Labute approximate surface area is 179 Å². The maximum absolute atomic E-state index is 12.4. The first-order chi connectivity index (χ1) is 14.7. The Morgan fingerprint density at radius 3 is 2.23 bits per heavy atom. The molecule has 1 saturated heterocycles. The molecule has 1 N–H and O–H groups in total. The third kappa shape index (κ3) is 6.90. The number of carbonyl (C=O) groups excluding carboxylic acids is 1. The highest BCUT2D eigenvalue weighted by Crippen LogP contribution is 2.25. The molecule has 0 aromatic heterocycles. The van der Waals surface area contributed by atoms with Gasteiger partial charge in [0.25, 0.3) is 0 Å². The predicted octanol–water partition coefficient (Wildman–Crippen LogP) is 3.36. The zero-order valence-electron chi connectivity index (χ0n) is 17.8. The number of nitrogens with one attached hydrogen (secondary N) is 1. The van der Waals surface area contributed by atoms with E-state index in [1.807, 2.05) is 6.07 Å². The van der Waals surface area contributed by atoms with E-state index in [9.17, 15) is 4.79 Å². The van der Waals surface area contributed by atoms with E-state index in [1.165, 1.54) is 5.56 Å². The molecule has 1 heterocycles. The highest BCUT2D eigenvalue weighted by molar-refractivity contribution is 5.91. The Balaban J connectivity index is 1.37. The highest BCUT2D eigenvalue weighted by atomic mass is 16.5. The van der Waals surface area contributed by atoms with E-state index in [0.29, 0.717) is 23.6 Å². The average molecular weight is 410 g/mol. The smallest absolute Gasteiger partial charge is 0.225 e. The molecule has 1 aliphatic rings. The minimum atomic E-state index is -0.00136. The summed E-state index contributed by atoms with van der Waals surface area (Å²) < 4.78 is 10.5. The van der Waals surface area contributed by atoms with Gasteiger partial charge in [0.1, 0.15) is 11.5 Å². The summed E-state index contributed by atoms with van der Waals surface area (Å²) >= 11 is 0. The van der Waals surface area contributed by atoms with Crippen LogP contribution in [0, 0.1) is 0 Å². The molecule has 3 rings (SSSR count). The van der Waals surface area contributed by atoms with E-state index in [0.717, 1.165) is 39.3 Å². The zero-order chi connectivity index (χ0) is 21.2. The van der Waals surface area contributed by atoms with Gasteiger partial charge in [-0.15, -0.1) is 0 Å². The normalized spacial score (nSPS) is 15.3. The van der Waals surface area contributed by atoms with Crippen LogP contribution in [0.3, 0.4) is 0 Å². The lowest BCUT2D eigenvalue weighted by atomic mass is 10.2. The van der Waals surface area contributed by atoms with Gasteiger partial charge < -0.3 is 19.7 Å². The van der Waals surface area contributed by atoms with Crippen LogP contribution in [0.25, 0.3) is 6.08 Å². The van der Waals surface area contributed by atoms with E-state index in [-0.39, 0.29) is 5.91 Å². The van der Waals surface area contributed by atoms with Crippen LogP contribution >= 0.6 is 0 Å². The number of rotatable bonds is 9. The summed E-state index contributed by atoms with van der Waals surface area (Å²) in [6, 6.07) is 15.7. The minimum Gasteiger partial charge on any atom is -0.497 e. The van der Waals surface area contributed by atoms with Crippen molar-refractivity contribution in [3.05, 3.63) is 60.2 Å².